The SMILES string of the molecule is CCOCC(=O)N[C@H](C(N)=O)[C@@H](C)CC. The second-order valence-electron chi connectivity index (χ2n) is 3.47. The van der Waals surface area contributed by atoms with Gasteiger partial charge >= 0.3 is 0 Å². The predicted molar refractivity (Wildman–Crippen MR) is 57.1 cm³/mol. The Labute approximate surface area is 90.4 Å². The van der Waals surface area contributed by atoms with Gasteiger partial charge in [0.05, 0.1) is 0 Å². The van der Waals surface area contributed by atoms with Crippen LogP contribution in [0.15, 0.2) is 0 Å². The largest absolute Gasteiger partial charge is 0.372 e. The summed E-state index contributed by atoms with van der Waals surface area (Å²) in [7, 11) is 0. The van der Waals surface area contributed by atoms with Gasteiger partial charge in [-0.15, -0.1) is 0 Å². The molecule has 0 radical (unpaired) electrons. The Bertz CT molecular complexity index is 219. The van der Waals surface area contributed by atoms with Gasteiger partial charge in [0.2, 0.25) is 11.8 Å². The Balaban J connectivity index is 4.16. The Morgan fingerprint density at radius 1 is 1.40 bits per heavy atom. The first-order valence-electron chi connectivity index (χ1n) is 5.19. The van der Waals surface area contributed by atoms with Gasteiger partial charge in [0, 0.05) is 6.61 Å². The molecule has 0 aliphatic carbocycles. The van der Waals surface area contributed by atoms with Gasteiger partial charge in [-0.1, -0.05) is 20.3 Å². The highest BCUT2D eigenvalue weighted by Crippen LogP contribution is 2.06. The molecule has 0 aliphatic heterocycles. The molecule has 0 fully saturated rings. The van der Waals surface area contributed by atoms with Gasteiger partial charge in [0.15, 0.2) is 0 Å². The van der Waals surface area contributed by atoms with Crippen LogP contribution in [-0.4, -0.2) is 31.1 Å². The number of primary amides is 1. The monoisotopic (exact) mass is 216 g/mol. The molecule has 3 N–H and O–H groups in total. The van der Waals surface area contributed by atoms with Crippen LogP contribution in [0.4, 0.5) is 0 Å². The minimum Gasteiger partial charge on any atom is -0.372 e. The van der Waals surface area contributed by atoms with Crippen molar-refractivity contribution in [3.63, 3.8) is 0 Å². The zero-order valence-corrected chi connectivity index (χ0v) is 9.58. The molecule has 2 atom stereocenters. The van der Waals surface area contributed by atoms with Gasteiger partial charge < -0.3 is 15.8 Å². The highest BCUT2D eigenvalue weighted by Gasteiger charge is 2.23. The van der Waals surface area contributed by atoms with E-state index in [1.165, 1.54) is 0 Å². The van der Waals surface area contributed by atoms with E-state index in [4.69, 9.17) is 10.5 Å². The van der Waals surface area contributed by atoms with Gasteiger partial charge in [0.25, 0.3) is 0 Å². The Morgan fingerprint density at radius 2 is 2.00 bits per heavy atom. The number of nitrogens with two attached hydrogens (primary N) is 1. The van der Waals surface area contributed by atoms with E-state index >= 15 is 0 Å². The number of amides is 2. The third kappa shape index (κ3) is 5.37. The summed E-state index contributed by atoms with van der Waals surface area (Å²) in [5, 5.41) is 2.56. The fraction of sp³-hybridized carbons (Fsp3) is 0.800. The average molecular weight is 216 g/mol. The number of hydrogen-bond donors (Lipinski definition) is 2. The lowest BCUT2D eigenvalue weighted by molar-refractivity contribution is -0.131. The molecule has 5 heteroatoms. The van der Waals surface area contributed by atoms with Gasteiger partial charge in [-0.2, -0.15) is 0 Å². The molecule has 0 heterocycles. The van der Waals surface area contributed by atoms with Crippen LogP contribution in [0.1, 0.15) is 27.2 Å². The topological polar surface area (TPSA) is 81.4 Å². The van der Waals surface area contributed by atoms with E-state index in [9.17, 15) is 9.59 Å². The van der Waals surface area contributed by atoms with Gasteiger partial charge in [-0.25, -0.2) is 0 Å². The minimum atomic E-state index is -0.608. The normalized spacial score (nSPS) is 14.3. The number of rotatable bonds is 7. The van der Waals surface area contributed by atoms with Crippen LogP contribution in [0.3, 0.4) is 0 Å². The highest BCUT2D eigenvalue weighted by molar-refractivity contribution is 5.87. The molecule has 0 rings (SSSR count). The molecular formula is C10H20N2O3. The zero-order chi connectivity index (χ0) is 11.8. The maximum atomic E-state index is 11.3. The molecule has 0 aromatic heterocycles. The summed E-state index contributed by atoms with van der Waals surface area (Å²) < 4.78 is 4.93. The number of carbonyl (C=O) groups excluding carboxylic acids is 2. The van der Waals surface area contributed by atoms with Crippen molar-refractivity contribution in [3.05, 3.63) is 0 Å². The Kier molecular flexibility index (Phi) is 6.70. The van der Waals surface area contributed by atoms with Crippen molar-refractivity contribution in [2.24, 2.45) is 11.7 Å². The van der Waals surface area contributed by atoms with Crippen molar-refractivity contribution in [1.29, 1.82) is 0 Å². The average Bonchev–Trinajstić information content (AvgIpc) is 2.21. The molecule has 5 nitrogen and oxygen atoms in total. The Morgan fingerprint density at radius 3 is 2.40 bits per heavy atom. The van der Waals surface area contributed by atoms with E-state index < -0.39 is 11.9 Å². The van der Waals surface area contributed by atoms with Crippen LogP contribution >= 0.6 is 0 Å². The first kappa shape index (κ1) is 13.9. The van der Waals surface area contributed by atoms with E-state index in [-0.39, 0.29) is 18.4 Å². The fourth-order valence-corrected chi connectivity index (χ4v) is 1.14. The molecule has 0 aliphatic rings. The van der Waals surface area contributed by atoms with E-state index in [0.717, 1.165) is 6.42 Å². The van der Waals surface area contributed by atoms with Crippen molar-refractivity contribution >= 4 is 11.8 Å². The quantitative estimate of drug-likeness (QED) is 0.630. The molecule has 0 saturated heterocycles. The van der Waals surface area contributed by atoms with Crippen molar-refractivity contribution in [2.45, 2.75) is 33.2 Å². The van der Waals surface area contributed by atoms with E-state index in [0.29, 0.717) is 6.61 Å². The van der Waals surface area contributed by atoms with E-state index in [1.54, 1.807) is 6.92 Å². The van der Waals surface area contributed by atoms with Gasteiger partial charge in [0.1, 0.15) is 12.6 Å². The molecule has 0 unspecified atom stereocenters. The van der Waals surface area contributed by atoms with Crippen LogP contribution in [0, 0.1) is 5.92 Å². The first-order valence-corrected chi connectivity index (χ1v) is 5.19. The molecule has 2 amide bonds. The smallest absolute Gasteiger partial charge is 0.246 e. The molecule has 88 valence electrons. The van der Waals surface area contributed by atoms with Crippen LogP contribution in [0.5, 0.6) is 0 Å². The lowest BCUT2D eigenvalue weighted by atomic mass is 9.99. The number of nitrogens with one attached hydrogen (secondary N) is 1. The summed E-state index contributed by atoms with van der Waals surface area (Å²) in [4.78, 5) is 22.4. The summed E-state index contributed by atoms with van der Waals surface area (Å²) in [6.45, 7) is 6.05. The first-order chi connectivity index (χ1) is 7.02. The van der Waals surface area contributed by atoms with Crippen LogP contribution in [-0.2, 0) is 14.3 Å². The number of carbonyl (C=O) groups is 2. The lowest BCUT2D eigenvalue weighted by Crippen LogP contribution is -2.49. The maximum absolute atomic E-state index is 11.3. The standard InChI is InChI=1S/C10H20N2O3/c1-4-7(3)9(10(11)14)12-8(13)6-15-5-2/h7,9H,4-6H2,1-3H3,(H2,11,14)(H,12,13)/t7-,9-/m0/s1. The van der Waals surface area contributed by atoms with Crippen LogP contribution in [0.2, 0.25) is 0 Å². The lowest BCUT2D eigenvalue weighted by Gasteiger charge is -2.20. The van der Waals surface area contributed by atoms with Crippen molar-refractivity contribution < 1.29 is 14.3 Å². The molecule has 0 saturated carbocycles. The predicted octanol–water partition coefficient (Wildman–Crippen LogP) is 0.0391. The van der Waals surface area contributed by atoms with Crippen molar-refractivity contribution in [1.82, 2.24) is 5.32 Å². The molecule has 0 aromatic rings. The summed E-state index contributed by atoms with van der Waals surface area (Å²) in [6.07, 6.45) is 0.780. The number of hydrogen-bond acceptors (Lipinski definition) is 3. The second-order valence-corrected chi connectivity index (χ2v) is 3.47. The second kappa shape index (κ2) is 7.23. The fourth-order valence-electron chi connectivity index (χ4n) is 1.14. The molecular weight excluding hydrogens is 196 g/mol. The maximum Gasteiger partial charge on any atom is 0.246 e. The molecule has 0 bridgehead atoms. The summed E-state index contributed by atoms with van der Waals surface area (Å²) in [5.74, 6) is -0.775. The third-order valence-corrected chi connectivity index (χ3v) is 2.27. The summed E-state index contributed by atoms with van der Waals surface area (Å²) in [5.41, 5.74) is 5.20. The molecule has 0 aromatic carbocycles. The van der Waals surface area contributed by atoms with Gasteiger partial charge in [-0.3, -0.25) is 9.59 Å². The minimum absolute atomic E-state index is 0.0310. The van der Waals surface area contributed by atoms with E-state index in [2.05, 4.69) is 5.32 Å². The van der Waals surface area contributed by atoms with Crippen LogP contribution < -0.4 is 11.1 Å². The molecule has 0 spiro atoms. The van der Waals surface area contributed by atoms with Crippen molar-refractivity contribution in [2.75, 3.05) is 13.2 Å². The van der Waals surface area contributed by atoms with E-state index in [1.807, 2.05) is 13.8 Å². The Hall–Kier alpha value is -1.10. The zero-order valence-electron chi connectivity index (χ0n) is 9.58. The number of ether oxygens (including phenoxy) is 1. The van der Waals surface area contributed by atoms with Crippen molar-refractivity contribution in [3.8, 4) is 0 Å². The molecule has 15 heavy (non-hydrogen) atoms. The highest BCUT2D eigenvalue weighted by atomic mass is 16.5. The van der Waals surface area contributed by atoms with Gasteiger partial charge in [-0.05, 0) is 12.8 Å². The summed E-state index contributed by atoms with van der Waals surface area (Å²) in [6, 6.07) is -0.608. The summed E-state index contributed by atoms with van der Waals surface area (Å²) >= 11 is 0. The van der Waals surface area contributed by atoms with Crippen LogP contribution in [0.25, 0.3) is 0 Å². The third-order valence-electron chi connectivity index (χ3n) is 2.27.